The average molecular weight is 268 g/mol. The molecule has 0 aliphatic heterocycles. The number of carbonyl (C=O) groups excluding carboxylic acids is 1. The van der Waals surface area contributed by atoms with Gasteiger partial charge in [-0.2, -0.15) is 11.3 Å². The third-order valence-corrected chi connectivity index (χ3v) is 3.47. The number of carbonyl (C=O) groups is 1. The standard InChI is InChI=1S/C12H10ClNO2S/c1-7-5-17-6-9(7)12(16)14-8-2-3-11(15)10(13)4-8/h2-6,15H,1H3,(H,14,16). The molecule has 3 nitrogen and oxygen atoms in total. The Kier molecular flexibility index (Phi) is 3.36. The first-order valence-electron chi connectivity index (χ1n) is 4.90. The van der Waals surface area contributed by atoms with Crippen molar-refractivity contribution in [2.45, 2.75) is 6.92 Å². The second kappa shape index (κ2) is 4.77. The predicted octanol–water partition coefficient (Wildman–Crippen LogP) is 3.67. The molecule has 0 aliphatic carbocycles. The van der Waals surface area contributed by atoms with Crippen molar-refractivity contribution in [1.82, 2.24) is 0 Å². The van der Waals surface area contributed by atoms with Gasteiger partial charge in [-0.25, -0.2) is 0 Å². The minimum atomic E-state index is -0.175. The van der Waals surface area contributed by atoms with E-state index in [-0.39, 0.29) is 16.7 Å². The zero-order valence-electron chi connectivity index (χ0n) is 9.03. The van der Waals surface area contributed by atoms with Gasteiger partial charge in [-0.05, 0) is 36.1 Å². The number of anilines is 1. The number of nitrogens with one attached hydrogen (secondary N) is 1. The summed E-state index contributed by atoms with van der Waals surface area (Å²) in [6.45, 7) is 1.88. The molecule has 1 aromatic carbocycles. The Morgan fingerprint density at radius 3 is 2.76 bits per heavy atom. The number of phenolic OH excluding ortho intramolecular Hbond substituents is 1. The second-order valence-corrected chi connectivity index (χ2v) is 4.74. The fourth-order valence-electron chi connectivity index (χ4n) is 1.38. The molecule has 2 N–H and O–H groups in total. The Hall–Kier alpha value is -1.52. The van der Waals surface area contributed by atoms with E-state index in [0.717, 1.165) is 5.56 Å². The highest BCUT2D eigenvalue weighted by atomic mass is 35.5. The third-order valence-electron chi connectivity index (χ3n) is 2.31. The van der Waals surface area contributed by atoms with Crippen LogP contribution in [0.4, 0.5) is 5.69 Å². The molecule has 0 bridgehead atoms. The molecule has 2 aromatic rings. The van der Waals surface area contributed by atoms with Crippen LogP contribution in [0, 0.1) is 6.92 Å². The Balaban J connectivity index is 2.19. The highest BCUT2D eigenvalue weighted by molar-refractivity contribution is 7.08. The molecule has 0 atom stereocenters. The van der Waals surface area contributed by atoms with Crippen molar-refractivity contribution in [3.8, 4) is 5.75 Å². The monoisotopic (exact) mass is 267 g/mol. The molecule has 0 aliphatic rings. The minimum absolute atomic E-state index is 0.00335. The molecule has 0 saturated carbocycles. The molecule has 1 heterocycles. The highest BCUT2D eigenvalue weighted by Gasteiger charge is 2.10. The lowest BCUT2D eigenvalue weighted by molar-refractivity contribution is 0.102. The fraction of sp³-hybridized carbons (Fsp3) is 0.0833. The Morgan fingerprint density at radius 2 is 2.18 bits per heavy atom. The lowest BCUT2D eigenvalue weighted by Crippen LogP contribution is -2.11. The van der Waals surface area contributed by atoms with Gasteiger partial charge in [-0.15, -0.1) is 0 Å². The molecule has 0 fully saturated rings. The molecule has 1 aromatic heterocycles. The number of aryl methyl sites for hydroxylation is 1. The van der Waals surface area contributed by atoms with Crippen molar-refractivity contribution < 1.29 is 9.90 Å². The van der Waals surface area contributed by atoms with Gasteiger partial charge in [0.05, 0.1) is 10.6 Å². The van der Waals surface area contributed by atoms with E-state index in [4.69, 9.17) is 11.6 Å². The normalized spacial score (nSPS) is 10.2. The SMILES string of the molecule is Cc1cscc1C(=O)Nc1ccc(O)c(Cl)c1. The van der Waals surface area contributed by atoms with Crippen LogP contribution in [0.2, 0.25) is 5.02 Å². The van der Waals surface area contributed by atoms with Gasteiger partial charge in [0.1, 0.15) is 5.75 Å². The van der Waals surface area contributed by atoms with Gasteiger partial charge < -0.3 is 10.4 Å². The van der Waals surface area contributed by atoms with E-state index < -0.39 is 0 Å². The van der Waals surface area contributed by atoms with Gasteiger partial charge >= 0.3 is 0 Å². The topological polar surface area (TPSA) is 49.3 Å². The average Bonchev–Trinajstić information content (AvgIpc) is 2.70. The summed E-state index contributed by atoms with van der Waals surface area (Å²) in [5.41, 5.74) is 2.15. The number of rotatable bonds is 2. The molecular weight excluding hydrogens is 258 g/mol. The number of hydrogen-bond donors (Lipinski definition) is 2. The van der Waals surface area contributed by atoms with E-state index in [1.807, 2.05) is 12.3 Å². The van der Waals surface area contributed by atoms with Crippen molar-refractivity contribution in [2.75, 3.05) is 5.32 Å². The second-order valence-electron chi connectivity index (χ2n) is 3.59. The van der Waals surface area contributed by atoms with Crippen molar-refractivity contribution in [1.29, 1.82) is 0 Å². The Bertz CT molecular complexity index is 565. The molecule has 5 heteroatoms. The lowest BCUT2D eigenvalue weighted by atomic mass is 10.2. The van der Waals surface area contributed by atoms with Crippen LogP contribution in [-0.2, 0) is 0 Å². The summed E-state index contributed by atoms with van der Waals surface area (Å²) >= 11 is 7.24. The summed E-state index contributed by atoms with van der Waals surface area (Å²) in [6.07, 6.45) is 0. The number of halogens is 1. The first kappa shape index (κ1) is 12.0. The highest BCUT2D eigenvalue weighted by Crippen LogP contribution is 2.26. The molecule has 1 amide bonds. The van der Waals surface area contributed by atoms with Gasteiger partial charge in [-0.1, -0.05) is 11.6 Å². The molecule has 0 spiro atoms. The van der Waals surface area contributed by atoms with Crippen molar-refractivity contribution in [2.24, 2.45) is 0 Å². The number of amides is 1. The molecule has 0 radical (unpaired) electrons. The van der Waals surface area contributed by atoms with Crippen molar-refractivity contribution in [3.05, 3.63) is 45.1 Å². The molecule has 17 heavy (non-hydrogen) atoms. The number of phenols is 1. The summed E-state index contributed by atoms with van der Waals surface area (Å²) in [5.74, 6) is -0.179. The van der Waals surface area contributed by atoms with Gasteiger partial charge in [0.15, 0.2) is 0 Å². The third kappa shape index (κ3) is 2.60. The first-order chi connectivity index (χ1) is 8.08. The summed E-state index contributed by atoms with van der Waals surface area (Å²) in [7, 11) is 0. The fourth-order valence-corrected chi connectivity index (χ4v) is 2.38. The maximum atomic E-state index is 11.9. The lowest BCUT2D eigenvalue weighted by Gasteiger charge is -2.06. The van der Waals surface area contributed by atoms with Crippen LogP contribution < -0.4 is 5.32 Å². The molecular formula is C12H10ClNO2S. The summed E-state index contributed by atoms with van der Waals surface area (Å²) in [4.78, 5) is 11.9. The van der Waals surface area contributed by atoms with E-state index in [2.05, 4.69) is 5.32 Å². The number of hydrogen-bond acceptors (Lipinski definition) is 3. The molecule has 2 rings (SSSR count). The first-order valence-corrected chi connectivity index (χ1v) is 6.22. The number of benzene rings is 1. The van der Waals surface area contributed by atoms with Crippen LogP contribution in [0.5, 0.6) is 5.75 Å². The van der Waals surface area contributed by atoms with E-state index in [9.17, 15) is 9.90 Å². The van der Waals surface area contributed by atoms with Crippen LogP contribution in [-0.4, -0.2) is 11.0 Å². The van der Waals surface area contributed by atoms with E-state index in [0.29, 0.717) is 11.3 Å². The zero-order valence-corrected chi connectivity index (χ0v) is 10.6. The van der Waals surface area contributed by atoms with Crippen LogP contribution in [0.25, 0.3) is 0 Å². The van der Waals surface area contributed by atoms with Crippen molar-refractivity contribution >= 4 is 34.5 Å². The van der Waals surface area contributed by atoms with E-state index in [1.165, 1.54) is 23.5 Å². The van der Waals surface area contributed by atoms with Gasteiger partial charge in [-0.3, -0.25) is 4.79 Å². The van der Waals surface area contributed by atoms with E-state index >= 15 is 0 Å². The maximum absolute atomic E-state index is 11.9. The van der Waals surface area contributed by atoms with Gasteiger partial charge in [0.25, 0.3) is 5.91 Å². The molecule has 0 saturated heterocycles. The Labute approximate surface area is 108 Å². The van der Waals surface area contributed by atoms with Gasteiger partial charge in [0, 0.05) is 11.1 Å². The quantitative estimate of drug-likeness (QED) is 0.816. The van der Waals surface area contributed by atoms with Crippen LogP contribution in [0.3, 0.4) is 0 Å². The zero-order chi connectivity index (χ0) is 12.4. The minimum Gasteiger partial charge on any atom is -0.506 e. The molecule has 0 unspecified atom stereocenters. The van der Waals surface area contributed by atoms with E-state index in [1.54, 1.807) is 11.4 Å². The predicted molar refractivity (Wildman–Crippen MR) is 70.1 cm³/mol. The smallest absolute Gasteiger partial charge is 0.256 e. The molecule has 88 valence electrons. The number of aromatic hydroxyl groups is 1. The Morgan fingerprint density at radius 1 is 1.41 bits per heavy atom. The largest absolute Gasteiger partial charge is 0.506 e. The maximum Gasteiger partial charge on any atom is 0.256 e. The van der Waals surface area contributed by atoms with Crippen molar-refractivity contribution in [3.63, 3.8) is 0 Å². The summed E-state index contributed by atoms with van der Waals surface area (Å²) < 4.78 is 0. The van der Waals surface area contributed by atoms with Crippen LogP contribution in [0.1, 0.15) is 15.9 Å². The van der Waals surface area contributed by atoms with Crippen LogP contribution >= 0.6 is 22.9 Å². The van der Waals surface area contributed by atoms with Crippen LogP contribution in [0.15, 0.2) is 29.0 Å². The summed E-state index contributed by atoms with van der Waals surface area (Å²) in [5, 5.41) is 15.9. The van der Waals surface area contributed by atoms with Gasteiger partial charge in [0.2, 0.25) is 0 Å². The number of thiophene rings is 1. The summed E-state index contributed by atoms with van der Waals surface area (Å²) in [6, 6.07) is 4.55.